The summed E-state index contributed by atoms with van der Waals surface area (Å²) >= 11 is 3.37. The number of nitrogens with zero attached hydrogens (tertiary/aromatic N) is 2. The minimum Gasteiger partial charge on any atom is -0.343 e. The molecule has 1 aromatic rings. The van der Waals surface area contributed by atoms with Gasteiger partial charge in [0, 0.05) is 42.1 Å². The van der Waals surface area contributed by atoms with Crippen LogP contribution in [-0.4, -0.2) is 47.8 Å². The molecule has 0 radical (unpaired) electrons. The van der Waals surface area contributed by atoms with Crippen LogP contribution in [0.15, 0.2) is 28.7 Å². The molecule has 1 aliphatic rings. The first-order chi connectivity index (χ1) is 10.6. The molecule has 1 saturated heterocycles. The molecule has 1 fully saturated rings. The fraction of sp³-hybridized carbons (Fsp3) is 0.529. The summed E-state index contributed by atoms with van der Waals surface area (Å²) in [6.45, 7) is 6.85. The van der Waals surface area contributed by atoms with Gasteiger partial charge in [0.1, 0.15) is 0 Å². The van der Waals surface area contributed by atoms with Crippen molar-refractivity contribution in [1.29, 1.82) is 0 Å². The summed E-state index contributed by atoms with van der Waals surface area (Å²) in [7, 11) is 0. The molecule has 0 N–H and O–H groups in total. The van der Waals surface area contributed by atoms with Crippen molar-refractivity contribution < 1.29 is 9.59 Å². The van der Waals surface area contributed by atoms with E-state index in [9.17, 15) is 9.59 Å². The number of carbonyl (C=O) groups excluding carboxylic acids is 2. The molecule has 1 aromatic carbocycles. The van der Waals surface area contributed by atoms with E-state index >= 15 is 0 Å². The van der Waals surface area contributed by atoms with E-state index in [0.717, 1.165) is 30.4 Å². The van der Waals surface area contributed by atoms with Gasteiger partial charge in [-0.15, -0.1) is 0 Å². The van der Waals surface area contributed by atoms with Crippen LogP contribution in [0.2, 0.25) is 0 Å². The molecule has 0 bridgehead atoms. The lowest BCUT2D eigenvalue weighted by Crippen LogP contribution is -2.44. The Balaban J connectivity index is 1.93. The maximum atomic E-state index is 12.4. The molecule has 2 amide bonds. The first-order valence-electron chi connectivity index (χ1n) is 7.90. The summed E-state index contributed by atoms with van der Waals surface area (Å²) < 4.78 is 0.965. The van der Waals surface area contributed by atoms with Crippen LogP contribution >= 0.6 is 15.9 Å². The minimum atomic E-state index is 0.0567. The number of halogens is 1. The summed E-state index contributed by atoms with van der Waals surface area (Å²) in [4.78, 5) is 28.6. The van der Waals surface area contributed by atoms with Crippen molar-refractivity contribution in [3.63, 3.8) is 0 Å². The lowest BCUT2D eigenvalue weighted by Gasteiger charge is -2.33. The predicted octanol–water partition coefficient (Wildman–Crippen LogP) is 3.17. The van der Waals surface area contributed by atoms with Crippen molar-refractivity contribution in [3.05, 3.63) is 34.3 Å². The van der Waals surface area contributed by atoms with E-state index in [1.54, 1.807) is 0 Å². The van der Waals surface area contributed by atoms with Crippen LogP contribution in [0, 0.1) is 5.92 Å². The highest BCUT2D eigenvalue weighted by atomic mass is 79.9. The molecule has 1 heterocycles. The molecule has 0 aromatic heterocycles. The maximum Gasteiger partial charge on any atom is 0.253 e. The summed E-state index contributed by atoms with van der Waals surface area (Å²) in [5.74, 6) is 0.357. The minimum absolute atomic E-state index is 0.0567. The molecule has 0 spiro atoms. The molecule has 2 rings (SSSR count). The number of carbonyl (C=O) groups is 2. The normalized spacial score (nSPS) is 15.7. The first kappa shape index (κ1) is 17.0. The zero-order valence-electron chi connectivity index (χ0n) is 13.2. The fourth-order valence-corrected chi connectivity index (χ4v) is 3.16. The fourth-order valence-electron chi connectivity index (χ4n) is 2.90. The molecule has 120 valence electrons. The van der Waals surface area contributed by atoms with Gasteiger partial charge in [0.25, 0.3) is 5.91 Å². The second-order valence-corrected chi connectivity index (χ2v) is 6.50. The standard InChI is InChI=1S/C17H23BrN2O2/c1-3-19(4-2)16(21)14-9-11-20(12-10-14)17(22)13-5-7-15(18)8-6-13/h5-8,14H,3-4,9-12H2,1-2H3. The summed E-state index contributed by atoms with van der Waals surface area (Å²) in [6.07, 6.45) is 1.52. The summed E-state index contributed by atoms with van der Waals surface area (Å²) in [5.41, 5.74) is 0.705. The molecular formula is C17H23BrN2O2. The number of amides is 2. The third-order valence-electron chi connectivity index (χ3n) is 4.30. The third kappa shape index (κ3) is 3.88. The van der Waals surface area contributed by atoms with E-state index in [2.05, 4.69) is 15.9 Å². The Morgan fingerprint density at radius 1 is 1.14 bits per heavy atom. The molecule has 0 unspecified atom stereocenters. The molecule has 4 nitrogen and oxygen atoms in total. The van der Waals surface area contributed by atoms with Crippen LogP contribution < -0.4 is 0 Å². The monoisotopic (exact) mass is 366 g/mol. The number of piperidine rings is 1. The maximum absolute atomic E-state index is 12.4. The molecular weight excluding hydrogens is 344 g/mol. The molecule has 1 aliphatic heterocycles. The average Bonchev–Trinajstić information content (AvgIpc) is 2.56. The zero-order valence-corrected chi connectivity index (χ0v) is 14.8. The van der Waals surface area contributed by atoms with Crippen LogP contribution in [-0.2, 0) is 4.79 Å². The molecule has 22 heavy (non-hydrogen) atoms. The predicted molar refractivity (Wildman–Crippen MR) is 90.7 cm³/mol. The Morgan fingerprint density at radius 3 is 2.18 bits per heavy atom. The average molecular weight is 367 g/mol. The topological polar surface area (TPSA) is 40.6 Å². The molecule has 0 saturated carbocycles. The molecule has 0 atom stereocenters. The second-order valence-electron chi connectivity index (χ2n) is 5.58. The van der Waals surface area contributed by atoms with E-state index in [4.69, 9.17) is 0 Å². The van der Waals surface area contributed by atoms with E-state index in [0.29, 0.717) is 18.7 Å². The third-order valence-corrected chi connectivity index (χ3v) is 4.83. The lowest BCUT2D eigenvalue weighted by molar-refractivity contribution is -0.136. The van der Waals surface area contributed by atoms with Crippen molar-refractivity contribution in [2.45, 2.75) is 26.7 Å². The van der Waals surface area contributed by atoms with Gasteiger partial charge in [-0.05, 0) is 51.0 Å². The van der Waals surface area contributed by atoms with E-state index in [1.165, 1.54) is 0 Å². The Kier molecular flexibility index (Phi) is 6.00. The number of hydrogen-bond donors (Lipinski definition) is 0. The highest BCUT2D eigenvalue weighted by molar-refractivity contribution is 9.10. The Morgan fingerprint density at radius 2 is 1.68 bits per heavy atom. The van der Waals surface area contributed by atoms with Crippen molar-refractivity contribution in [3.8, 4) is 0 Å². The van der Waals surface area contributed by atoms with Crippen LogP contribution in [0.25, 0.3) is 0 Å². The van der Waals surface area contributed by atoms with Crippen LogP contribution in [0.3, 0.4) is 0 Å². The number of hydrogen-bond acceptors (Lipinski definition) is 2. The van der Waals surface area contributed by atoms with Crippen molar-refractivity contribution in [2.75, 3.05) is 26.2 Å². The summed E-state index contributed by atoms with van der Waals surface area (Å²) in [5, 5.41) is 0. The molecule has 0 aliphatic carbocycles. The Hall–Kier alpha value is -1.36. The quantitative estimate of drug-likeness (QED) is 0.820. The van der Waals surface area contributed by atoms with Gasteiger partial charge >= 0.3 is 0 Å². The van der Waals surface area contributed by atoms with Gasteiger partial charge in [-0.25, -0.2) is 0 Å². The van der Waals surface area contributed by atoms with Gasteiger partial charge in [0.05, 0.1) is 0 Å². The van der Waals surface area contributed by atoms with Crippen molar-refractivity contribution in [2.24, 2.45) is 5.92 Å². The van der Waals surface area contributed by atoms with E-state index < -0.39 is 0 Å². The Labute approximate surface area is 140 Å². The number of likely N-dealkylation sites (tertiary alicyclic amines) is 1. The number of benzene rings is 1. The van der Waals surface area contributed by atoms with Gasteiger partial charge in [-0.1, -0.05) is 15.9 Å². The lowest BCUT2D eigenvalue weighted by atomic mass is 9.94. The highest BCUT2D eigenvalue weighted by Crippen LogP contribution is 2.21. The smallest absolute Gasteiger partial charge is 0.253 e. The van der Waals surface area contributed by atoms with Gasteiger partial charge in [0.15, 0.2) is 0 Å². The first-order valence-corrected chi connectivity index (χ1v) is 8.69. The second kappa shape index (κ2) is 7.77. The van der Waals surface area contributed by atoms with Gasteiger partial charge in [0.2, 0.25) is 5.91 Å². The van der Waals surface area contributed by atoms with Gasteiger partial charge in [-0.2, -0.15) is 0 Å². The largest absolute Gasteiger partial charge is 0.343 e. The van der Waals surface area contributed by atoms with Crippen LogP contribution in [0.4, 0.5) is 0 Å². The van der Waals surface area contributed by atoms with Crippen molar-refractivity contribution >= 4 is 27.7 Å². The molecule has 5 heteroatoms. The van der Waals surface area contributed by atoms with Crippen molar-refractivity contribution in [1.82, 2.24) is 9.80 Å². The van der Waals surface area contributed by atoms with Crippen LogP contribution in [0.1, 0.15) is 37.0 Å². The van der Waals surface area contributed by atoms with Crippen LogP contribution in [0.5, 0.6) is 0 Å². The number of rotatable bonds is 4. The summed E-state index contributed by atoms with van der Waals surface area (Å²) in [6, 6.07) is 7.42. The van der Waals surface area contributed by atoms with Gasteiger partial charge < -0.3 is 9.80 Å². The highest BCUT2D eigenvalue weighted by Gasteiger charge is 2.29. The Bertz CT molecular complexity index is 518. The van der Waals surface area contributed by atoms with E-state index in [-0.39, 0.29) is 17.7 Å². The van der Waals surface area contributed by atoms with Gasteiger partial charge in [-0.3, -0.25) is 9.59 Å². The SMILES string of the molecule is CCN(CC)C(=O)C1CCN(C(=O)c2ccc(Br)cc2)CC1. The zero-order chi connectivity index (χ0) is 16.1. The van der Waals surface area contributed by atoms with E-state index in [1.807, 2.05) is 47.9 Å².